The molecule has 0 heterocycles. The Kier molecular flexibility index (Phi) is 6.53. The van der Waals surface area contributed by atoms with Crippen LogP contribution in [0.3, 0.4) is 0 Å². The number of carbonyl (C=O) groups is 1. The highest BCUT2D eigenvalue weighted by atomic mass is 16.3. The Morgan fingerprint density at radius 3 is 2.84 bits per heavy atom. The van der Waals surface area contributed by atoms with Crippen molar-refractivity contribution in [3.05, 3.63) is 29.8 Å². The van der Waals surface area contributed by atoms with Crippen molar-refractivity contribution in [2.24, 2.45) is 0 Å². The van der Waals surface area contributed by atoms with Crippen molar-refractivity contribution in [1.29, 1.82) is 0 Å². The maximum atomic E-state index is 11.7. The summed E-state index contributed by atoms with van der Waals surface area (Å²) < 4.78 is 0. The summed E-state index contributed by atoms with van der Waals surface area (Å²) in [6.45, 7) is 5.22. The predicted molar refractivity (Wildman–Crippen MR) is 78.2 cm³/mol. The molecule has 2 N–H and O–H groups in total. The summed E-state index contributed by atoms with van der Waals surface area (Å²) >= 11 is 0. The third-order valence-corrected chi connectivity index (χ3v) is 2.82. The Labute approximate surface area is 115 Å². The second-order valence-electron chi connectivity index (χ2n) is 5.13. The number of nitrogens with zero attached hydrogens (tertiary/aromatic N) is 1. The predicted octanol–water partition coefficient (Wildman–Crippen LogP) is 2.03. The van der Waals surface area contributed by atoms with Gasteiger partial charge in [0, 0.05) is 18.7 Å². The molecule has 106 valence electrons. The van der Waals surface area contributed by atoms with E-state index in [-0.39, 0.29) is 12.0 Å². The lowest BCUT2D eigenvalue weighted by Crippen LogP contribution is -2.28. The monoisotopic (exact) mass is 264 g/mol. The third kappa shape index (κ3) is 6.94. The minimum absolute atomic E-state index is 0.0380. The Hall–Kier alpha value is -1.39. The molecule has 0 saturated carbocycles. The second kappa shape index (κ2) is 7.92. The van der Waals surface area contributed by atoms with Gasteiger partial charge >= 0.3 is 0 Å². The summed E-state index contributed by atoms with van der Waals surface area (Å²) in [6.07, 6.45) is 0.963. The number of anilines is 1. The Morgan fingerprint density at radius 2 is 2.21 bits per heavy atom. The van der Waals surface area contributed by atoms with E-state index < -0.39 is 0 Å². The molecule has 19 heavy (non-hydrogen) atoms. The topological polar surface area (TPSA) is 52.6 Å². The largest absolute Gasteiger partial charge is 0.392 e. The van der Waals surface area contributed by atoms with Gasteiger partial charge in [-0.2, -0.15) is 0 Å². The molecule has 0 spiro atoms. The Bertz CT molecular complexity index is 405. The SMILES string of the molecule is Cc1cccc(NC(=O)CCCN(C)CC(C)O)c1. The number of amides is 1. The van der Waals surface area contributed by atoms with Crippen LogP contribution in [0.25, 0.3) is 0 Å². The van der Waals surface area contributed by atoms with Crippen molar-refractivity contribution in [3.8, 4) is 0 Å². The molecule has 0 aromatic heterocycles. The first kappa shape index (κ1) is 15.7. The summed E-state index contributed by atoms with van der Waals surface area (Å²) in [7, 11) is 1.95. The highest BCUT2D eigenvalue weighted by Gasteiger charge is 2.05. The van der Waals surface area contributed by atoms with Crippen LogP contribution in [-0.4, -0.2) is 42.2 Å². The zero-order chi connectivity index (χ0) is 14.3. The van der Waals surface area contributed by atoms with Crippen molar-refractivity contribution in [2.45, 2.75) is 32.8 Å². The smallest absolute Gasteiger partial charge is 0.224 e. The van der Waals surface area contributed by atoms with E-state index in [1.165, 1.54) is 0 Å². The second-order valence-corrected chi connectivity index (χ2v) is 5.13. The Morgan fingerprint density at radius 1 is 1.47 bits per heavy atom. The van der Waals surface area contributed by atoms with Gasteiger partial charge in [0.05, 0.1) is 6.10 Å². The lowest BCUT2D eigenvalue weighted by atomic mass is 10.2. The van der Waals surface area contributed by atoms with E-state index >= 15 is 0 Å². The van der Waals surface area contributed by atoms with Crippen molar-refractivity contribution in [3.63, 3.8) is 0 Å². The van der Waals surface area contributed by atoms with Crippen molar-refractivity contribution in [2.75, 3.05) is 25.5 Å². The summed E-state index contributed by atoms with van der Waals surface area (Å²) in [5.41, 5.74) is 1.98. The molecule has 4 nitrogen and oxygen atoms in total. The maximum Gasteiger partial charge on any atom is 0.224 e. The number of nitrogens with one attached hydrogen (secondary N) is 1. The average molecular weight is 264 g/mol. The van der Waals surface area contributed by atoms with Crippen LogP contribution in [0.5, 0.6) is 0 Å². The van der Waals surface area contributed by atoms with Crippen LogP contribution in [0.4, 0.5) is 5.69 Å². The molecule has 0 aliphatic heterocycles. The Balaban J connectivity index is 2.25. The number of likely N-dealkylation sites (N-methyl/N-ethyl adjacent to an activating group) is 1. The summed E-state index contributed by atoms with van der Waals surface area (Å²) in [5.74, 6) is 0.0380. The van der Waals surface area contributed by atoms with Crippen molar-refractivity contribution in [1.82, 2.24) is 4.90 Å². The van der Waals surface area contributed by atoms with Crippen molar-refractivity contribution < 1.29 is 9.90 Å². The van der Waals surface area contributed by atoms with Gasteiger partial charge in [-0.15, -0.1) is 0 Å². The minimum Gasteiger partial charge on any atom is -0.392 e. The number of carbonyl (C=O) groups excluding carboxylic acids is 1. The summed E-state index contributed by atoms with van der Waals surface area (Å²) in [6, 6.07) is 7.78. The van der Waals surface area contributed by atoms with E-state index in [2.05, 4.69) is 5.32 Å². The highest BCUT2D eigenvalue weighted by Crippen LogP contribution is 2.10. The van der Waals surface area contributed by atoms with Crippen molar-refractivity contribution >= 4 is 11.6 Å². The summed E-state index contributed by atoms with van der Waals surface area (Å²) in [4.78, 5) is 13.8. The van der Waals surface area contributed by atoms with Crippen LogP contribution in [-0.2, 0) is 4.79 Å². The fourth-order valence-corrected chi connectivity index (χ4v) is 2.00. The molecule has 1 aromatic carbocycles. The number of aryl methyl sites for hydroxylation is 1. The molecule has 0 radical (unpaired) electrons. The first-order valence-electron chi connectivity index (χ1n) is 6.70. The zero-order valence-electron chi connectivity index (χ0n) is 12.0. The standard InChI is InChI=1S/C15H24N2O2/c1-12-6-4-7-14(10-12)16-15(19)8-5-9-17(3)11-13(2)18/h4,6-7,10,13,18H,5,8-9,11H2,1-3H3,(H,16,19). The maximum absolute atomic E-state index is 11.7. The fraction of sp³-hybridized carbons (Fsp3) is 0.533. The normalized spacial score (nSPS) is 12.5. The molecule has 4 heteroatoms. The van der Waals surface area contributed by atoms with Gasteiger partial charge in [-0.3, -0.25) is 4.79 Å². The van der Waals surface area contributed by atoms with Gasteiger partial charge in [-0.25, -0.2) is 0 Å². The number of aliphatic hydroxyl groups excluding tert-OH is 1. The molecular formula is C15H24N2O2. The number of hydrogen-bond donors (Lipinski definition) is 2. The van der Waals surface area contributed by atoms with E-state index in [1.807, 2.05) is 43.1 Å². The fourth-order valence-electron chi connectivity index (χ4n) is 2.00. The first-order valence-corrected chi connectivity index (χ1v) is 6.70. The molecule has 0 saturated heterocycles. The lowest BCUT2D eigenvalue weighted by Gasteiger charge is -2.17. The number of aliphatic hydroxyl groups is 1. The van der Waals surface area contributed by atoms with Gasteiger partial charge in [-0.1, -0.05) is 12.1 Å². The van der Waals surface area contributed by atoms with Gasteiger partial charge in [0.2, 0.25) is 5.91 Å². The van der Waals surface area contributed by atoms with E-state index in [9.17, 15) is 9.90 Å². The van der Waals surface area contributed by atoms with Gasteiger partial charge in [0.1, 0.15) is 0 Å². The van der Waals surface area contributed by atoms with E-state index in [0.717, 1.165) is 24.2 Å². The van der Waals surface area contributed by atoms with Gasteiger partial charge in [0.25, 0.3) is 0 Å². The van der Waals surface area contributed by atoms with Crippen LogP contribution in [0.15, 0.2) is 24.3 Å². The quantitative estimate of drug-likeness (QED) is 0.792. The van der Waals surface area contributed by atoms with E-state index in [4.69, 9.17) is 0 Å². The number of benzene rings is 1. The molecule has 0 aliphatic rings. The molecule has 1 atom stereocenters. The molecule has 0 fully saturated rings. The molecule has 1 rings (SSSR count). The van der Waals surface area contributed by atoms with Gasteiger partial charge < -0.3 is 15.3 Å². The minimum atomic E-state index is -0.328. The molecule has 1 amide bonds. The molecular weight excluding hydrogens is 240 g/mol. The van der Waals surface area contributed by atoms with Crippen LogP contribution in [0.2, 0.25) is 0 Å². The third-order valence-electron chi connectivity index (χ3n) is 2.82. The van der Waals surface area contributed by atoms with E-state index in [0.29, 0.717) is 13.0 Å². The first-order chi connectivity index (χ1) is 8.97. The lowest BCUT2D eigenvalue weighted by molar-refractivity contribution is -0.116. The van der Waals surface area contributed by atoms with Gasteiger partial charge in [-0.05, 0) is 51.6 Å². The zero-order valence-corrected chi connectivity index (χ0v) is 12.0. The van der Waals surface area contributed by atoms with Crippen LogP contribution in [0.1, 0.15) is 25.3 Å². The molecule has 0 aliphatic carbocycles. The van der Waals surface area contributed by atoms with Crippen LogP contribution >= 0.6 is 0 Å². The van der Waals surface area contributed by atoms with Crippen LogP contribution < -0.4 is 5.32 Å². The average Bonchev–Trinajstić information content (AvgIpc) is 2.27. The van der Waals surface area contributed by atoms with Crippen LogP contribution in [0, 0.1) is 6.92 Å². The highest BCUT2D eigenvalue weighted by molar-refractivity contribution is 5.90. The number of hydrogen-bond acceptors (Lipinski definition) is 3. The van der Waals surface area contributed by atoms with Gasteiger partial charge in [0.15, 0.2) is 0 Å². The van der Waals surface area contributed by atoms with E-state index in [1.54, 1.807) is 6.92 Å². The molecule has 1 unspecified atom stereocenters. The molecule has 1 aromatic rings. The summed E-state index contributed by atoms with van der Waals surface area (Å²) in [5, 5.41) is 12.1. The molecule has 0 bridgehead atoms. The number of rotatable bonds is 7.